The van der Waals surface area contributed by atoms with Gasteiger partial charge in [-0.3, -0.25) is 0 Å². The molecule has 2 fully saturated rings. The molecular weight excluding hydrogens is 196 g/mol. The molecule has 2 saturated heterocycles. The lowest BCUT2D eigenvalue weighted by atomic mass is 9.84. The van der Waals surface area contributed by atoms with Crippen molar-refractivity contribution in [1.82, 2.24) is 0 Å². The van der Waals surface area contributed by atoms with Crippen LogP contribution < -0.4 is 0 Å². The predicted molar refractivity (Wildman–Crippen MR) is 56.6 cm³/mol. The third-order valence-electron chi connectivity index (χ3n) is 3.18. The third kappa shape index (κ3) is 3.14. The van der Waals surface area contributed by atoms with E-state index in [4.69, 9.17) is 19.7 Å². The molecule has 2 rings (SSSR count). The molecule has 0 amide bonds. The van der Waals surface area contributed by atoms with Crippen molar-refractivity contribution < 1.29 is 19.7 Å². The van der Waals surface area contributed by atoms with E-state index >= 15 is 0 Å². The Balaban J connectivity index is 0.000000151. The molecule has 2 aliphatic rings. The Hall–Kier alpha value is -0.160. The number of aliphatic hydroxyl groups is 2. The van der Waals surface area contributed by atoms with Gasteiger partial charge in [0.05, 0.1) is 39.6 Å². The van der Waals surface area contributed by atoms with E-state index in [0.717, 1.165) is 32.8 Å². The molecule has 0 aromatic rings. The Kier molecular flexibility index (Phi) is 4.52. The summed E-state index contributed by atoms with van der Waals surface area (Å²) in [6.07, 6.45) is 1.03. The second kappa shape index (κ2) is 5.25. The number of hydrogen-bond acceptors (Lipinski definition) is 4. The van der Waals surface area contributed by atoms with Crippen LogP contribution in [-0.2, 0) is 9.47 Å². The first kappa shape index (κ1) is 12.9. The van der Waals surface area contributed by atoms with Crippen molar-refractivity contribution in [3.63, 3.8) is 0 Å². The molecule has 0 aliphatic carbocycles. The van der Waals surface area contributed by atoms with Crippen LogP contribution in [0.5, 0.6) is 0 Å². The normalized spacial score (nSPS) is 25.6. The Bertz CT molecular complexity index is 166. The van der Waals surface area contributed by atoms with Crippen molar-refractivity contribution in [1.29, 1.82) is 0 Å². The van der Waals surface area contributed by atoms with E-state index in [-0.39, 0.29) is 24.0 Å². The Labute approximate surface area is 91.2 Å². The summed E-state index contributed by atoms with van der Waals surface area (Å²) >= 11 is 0. The molecule has 0 bridgehead atoms. The molecule has 2 aliphatic heterocycles. The maximum atomic E-state index is 8.76. The van der Waals surface area contributed by atoms with Crippen LogP contribution in [0.4, 0.5) is 0 Å². The molecule has 0 spiro atoms. The van der Waals surface area contributed by atoms with Crippen LogP contribution >= 0.6 is 0 Å². The number of aliphatic hydroxyl groups excluding tert-OH is 2. The van der Waals surface area contributed by atoms with Crippen LogP contribution in [0, 0.1) is 10.8 Å². The second-order valence-corrected chi connectivity index (χ2v) is 4.97. The van der Waals surface area contributed by atoms with Gasteiger partial charge in [0.25, 0.3) is 0 Å². The third-order valence-corrected chi connectivity index (χ3v) is 3.18. The van der Waals surface area contributed by atoms with E-state index < -0.39 is 0 Å². The molecule has 0 atom stereocenters. The van der Waals surface area contributed by atoms with Crippen molar-refractivity contribution in [2.24, 2.45) is 10.8 Å². The lowest BCUT2D eigenvalue weighted by molar-refractivity contribution is -0.138. The van der Waals surface area contributed by atoms with Crippen molar-refractivity contribution in [3.05, 3.63) is 0 Å². The summed E-state index contributed by atoms with van der Waals surface area (Å²) in [6.45, 7) is 7.58. The molecule has 2 heterocycles. The summed E-state index contributed by atoms with van der Waals surface area (Å²) in [5.74, 6) is 0. The zero-order valence-electron chi connectivity index (χ0n) is 9.66. The van der Waals surface area contributed by atoms with Crippen LogP contribution in [0.3, 0.4) is 0 Å². The van der Waals surface area contributed by atoms with Crippen LogP contribution in [0.2, 0.25) is 0 Å². The summed E-state index contributed by atoms with van der Waals surface area (Å²) in [4.78, 5) is 0. The van der Waals surface area contributed by atoms with Crippen LogP contribution in [-0.4, -0.2) is 49.9 Å². The molecule has 4 nitrogen and oxygen atoms in total. The van der Waals surface area contributed by atoms with E-state index in [1.807, 2.05) is 6.92 Å². The smallest absolute Gasteiger partial charge is 0.0566 e. The molecule has 90 valence electrons. The quantitative estimate of drug-likeness (QED) is 0.721. The van der Waals surface area contributed by atoms with Gasteiger partial charge in [-0.25, -0.2) is 0 Å². The van der Waals surface area contributed by atoms with E-state index in [1.165, 1.54) is 0 Å². The lowest BCUT2D eigenvalue weighted by Crippen LogP contribution is -2.44. The number of hydrogen-bond donors (Lipinski definition) is 2. The van der Waals surface area contributed by atoms with E-state index in [0.29, 0.717) is 0 Å². The highest BCUT2D eigenvalue weighted by atomic mass is 16.5. The van der Waals surface area contributed by atoms with Gasteiger partial charge in [-0.1, -0.05) is 13.8 Å². The first-order valence-corrected chi connectivity index (χ1v) is 5.47. The van der Waals surface area contributed by atoms with E-state index in [9.17, 15) is 0 Å². The van der Waals surface area contributed by atoms with Gasteiger partial charge in [-0.05, 0) is 6.42 Å². The minimum absolute atomic E-state index is 0.0972. The highest BCUT2D eigenvalue weighted by molar-refractivity contribution is 4.82. The number of ether oxygens (including phenoxy) is 2. The van der Waals surface area contributed by atoms with Gasteiger partial charge in [0.2, 0.25) is 0 Å². The first-order valence-electron chi connectivity index (χ1n) is 5.47. The highest BCUT2D eigenvalue weighted by Gasteiger charge is 2.35. The van der Waals surface area contributed by atoms with Gasteiger partial charge in [0.1, 0.15) is 0 Å². The van der Waals surface area contributed by atoms with Gasteiger partial charge in [0.15, 0.2) is 0 Å². The molecule has 2 N–H and O–H groups in total. The first-order chi connectivity index (χ1) is 7.10. The molecule has 0 aromatic heterocycles. The Morgan fingerprint density at radius 3 is 1.53 bits per heavy atom. The standard InChI is InChI=1S/C6H12O2.C5H10O2/c1-2-6(3-7)4-8-5-6;1-5(2-6)3-7-4-5/h7H,2-5H2,1H3;6H,2-4H2,1H3. The zero-order chi connectivity index (χ0) is 11.4. The van der Waals surface area contributed by atoms with Crippen molar-refractivity contribution in [2.75, 3.05) is 39.6 Å². The van der Waals surface area contributed by atoms with Crippen molar-refractivity contribution in [3.8, 4) is 0 Å². The summed E-state index contributed by atoms with van der Waals surface area (Å²) in [7, 11) is 0. The van der Waals surface area contributed by atoms with E-state index in [1.54, 1.807) is 0 Å². The summed E-state index contributed by atoms with van der Waals surface area (Å²) in [6, 6.07) is 0. The van der Waals surface area contributed by atoms with E-state index in [2.05, 4.69) is 6.92 Å². The molecule has 0 radical (unpaired) electrons. The topological polar surface area (TPSA) is 58.9 Å². The fourth-order valence-corrected chi connectivity index (χ4v) is 1.34. The van der Waals surface area contributed by atoms with Gasteiger partial charge in [-0.15, -0.1) is 0 Å². The molecule has 4 heteroatoms. The molecule has 0 unspecified atom stereocenters. The zero-order valence-corrected chi connectivity index (χ0v) is 9.66. The average molecular weight is 218 g/mol. The maximum absolute atomic E-state index is 8.76. The lowest BCUT2D eigenvalue weighted by Gasteiger charge is -2.38. The number of rotatable bonds is 3. The summed E-state index contributed by atoms with van der Waals surface area (Å²) in [5.41, 5.74) is 0.236. The van der Waals surface area contributed by atoms with Crippen LogP contribution in [0.25, 0.3) is 0 Å². The average Bonchev–Trinajstić information content (AvgIpc) is 2.15. The van der Waals surface area contributed by atoms with Gasteiger partial charge in [0, 0.05) is 10.8 Å². The van der Waals surface area contributed by atoms with Crippen molar-refractivity contribution >= 4 is 0 Å². The summed E-state index contributed by atoms with van der Waals surface area (Å²) < 4.78 is 9.83. The molecule has 0 saturated carbocycles. The monoisotopic (exact) mass is 218 g/mol. The van der Waals surface area contributed by atoms with Crippen LogP contribution in [0.1, 0.15) is 20.3 Å². The SMILES string of the molecule is CC1(CO)COC1.CCC1(CO)COC1. The predicted octanol–water partition coefficient (Wildman–Crippen LogP) is 0.420. The second-order valence-electron chi connectivity index (χ2n) is 4.97. The van der Waals surface area contributed by atoms with Gasteiger partial charge in [-0.2, -0.15) is 0 Å². The van der Waals surface area contributed by atoms with Crippen LogP contribution in [0.15, 0.2) is 0 Å². The fraction of sp³-hybridized carbons (Fsp3) is 1.00. The van der Waals surface area contributed by atoms with Gasteiger partial charge < -0.3 is 19.7 Å². The minimum atomic E-state index is 0.0972. The molecule has 15 heavy (non-hydrogen) atoms. The Morgan fingerprint density at radius 2 is 1.53 bits per heavy atom. The van der Waals surface area contributed by atoms with Gasteiger partial charge >= 0.3 is 0 Å². The summed E-state index contributed by atoms with van der Waals surface area (Å²) in [5, 5.41) is 17.3. The fourth-order valence-electron chi connectivity index (χ4n) is 1.34. The highest BCUT2D eigenvalue weighted by Crippen LogP contribution is 2.29. The van der Waals surface area contributed by atoms with Crippen molar-refractivity contribution in [2.45, 2.75) is 20.3 Å². The Morgan fingerprint density at radius 1 is 1.00 bits per heavy atom. The molecule has 0 aromatic carbocycles. The minimum Gasteiger partial charge on any atom is -0.396 e. The maximum Gasteiger partial charge on any atom is 0.0566 e. The molecular formula is C11H22O4. The largest absolute Gasteiger partial charge is 0.396 e.